The molecular formula is C15H16F2N2O. The van der Waals surface area contributed by atoms with Gasteiger partial charge in [0.1, 0.15) is 5.54 Å². The van der Waals surface area contributed by atoms with Crippen LogP contribution < -0.4 is 5.32 Å². The maximum atomic E-state index is 13.5. The van der Waals surface area contributed by atoms with Crippen LogP contribution in [0.1, 0.15) is 37.7 Å². The Morgan fingerprint density at radius 1 is 1.30 bits per heavy atom. The second kappa shape index (κ2) is 6.00. The summed E-state index contributed by atoms with van der Waals surface area (Å²) in [6, 6.07) is 5.90. The Kier molecular flexibility index (Phi) is 4.33. The van der Waals surface area contributed by atoms with Crippen molar-refractivity contribution in [3.63, 3.8) is 0 Å². The van der Waals surface area contributed by atoms with E-state index in [1.165, 1.54) is 12.1 Å². The molecule has 0 atom stereocenters. The highest BCUT2D eigenvalue weighted by molar-refractivity contribution is 5.79. The lowest BCUT2D eigenvalue weighted by Gasteiger charge is -2.31. The van der Waals surface area contributed by atoms with Crippen LogP contribution in [0.15, 0.2) is 18.2 Å². The monoisotopic (exact) mass is 278 g/mol. The highest BCUT2D eigenvalue weighted by Crippen LogP contribution is 2.27. The molecular weight excluding hydrogens is 262 g/mol. The van der Waals surface area contributed by atoms with Gasteiger partial charge in [0.2, 0.25) is 5.91 Å². The Balaban J connectivity index is 2.05. The number of benzene rings is 1. The Morgan fingerprint density at radius 2 is 2.00 bits per heavy atom. The van der Waals surface area contributed by atoms with Gasteiger partial charge in [-0.05, 0) is 18.9 Å². The quantitative estimate of drug-likeness (QED) is 0.924. The predicted molar refractivity (Wildman–Crippen MR) is 69.6 cm³/mol. The van der Waals surface area contributed by atoms with Crippen molar-refractivity contribution in [3.05, 3.63) is 35.4 Å². The number of amides is 1. The summed E-state index contributed by atoms with van der Waals surface area (Å²) >= 11 is 0. The van der Waals surface area contributed by atoms with Gasteiger partial charge in [0.25, 0.3) is 0 Å². The molecule has 5 heteroatoms. The first kappa shape index (κ1) is 14.4. The van der Waals surface area contributed by atoms with Crippen LogP contribution in [-0.2, 0) is 11.2 Å². The molecule has 0 spiro atoms. The molecule has 2 rings (SSSR count). The van der Waals surface area contributed by atoms with Crippen molar-refractivity contribution in [2.45, 2.75) is 44.1 Å². The fourth-order valence-electron chi connectivity index (χ4n) is 2.59. The number of rotatable bonds is 3. The summed E-state index contributed by atoms with van der Waals surface area (Å²) in [5, 5.41) is 11.9. The number of halogens is 2. The zero-order valence-electron chi connectivity index (χ0n) is 11.1. The van der Waals surface area contributed by atoms with Crippen LogP contribution in [0.3, 0.4) is 0 Å². The third kappa shape index (κ3) is 3.13. The van der Waals surface area contributed by atoms with Crippen LogP contribution in [0.4, 0.5) is 8.78 Å². The zero-order valence-corrected chi connectivity index (χ0v) is 11.1. The summed E-state index contributed by atoms with van der Waals surface area (Å²) in [7, 11) is 0. The molecule has 1 fully saturated rings. The van der Waals surface area contributed by atoms with Crippen molar-refractivity contribution in [2.24, 2.45) is 0 Å². The van der Waals surface area contributed by atoms with Gasteiger partial charge >= 0.3 is 0 Å². The molecule has 106 valence electrons. The van der Waals surface area contributed by atoms with Crippen molar-refractivity contribution in [3.8, 4) is 6.07 Å². The van der Waals surface area contributed by atoms with E-state index in [9.17, 15) is 18.8 Å². The number of hydrogen-bond donors (Lipinski definition) is 1. The number of hydrogen-bond acceptors (Lipinski definition) is 2. The number of carbonyl (C=O) groups is 1. The van der Waals surface area contributed by atoms with E-state index in [1.807, 2.05) is 0 Å². The van der Waals surface area contributed by atoms with E-state index >= 15 is 0 Å². The fraction of sp³-hybridized carbons (Fsp3) is 0.467. The van der Waals surface area contributed by atoms with Gasteiger partial charge in [0, 0.05) is 5.56 Å². The zero-order chi connectivity index (χ0) is 14.6. The molecule has 3 nitrogen and oxygen atoms in total. The van der Waals surface area contributed by atoms with Crippen LogP contribution in [0.25, 0.3) is 0 Å². The average Bonchev–Trinajstić information content (AvgIpc) is 2.45. The molecule has 1 saturated carbocycles. The number of nitrogens with zero attached hydrogens (tertiary/aromatic N) is 1. The highest BCUT2D eigenvalue weighted by Gasteiger charge is 2.33. The van der Waals surface area contributed by atoms with Crippen LogP contribution in [0, 0.1) is 23.0 Å². The molecule has 0 aromatic heterocycles. The fourth-order valence-corrected chi connectivity index (χ4v) is 2.59. The van der Waals surface area contributed by atoms with E-state index in [0.29, 0.717) is 12.8 Å². The van der Waals surface area contributed by atoms with Gasteiger partial charge in [-0.2, -0.15) is 5.26 Å². The molecule has 0 bridgehead atoms. The van der Waals surface area contributed by atoms with Crippen LogP contribution in [0.5, 0.6) is 0 Å². The van der Waals surface area contributed by atoms with Gasteiger partial charge in [-0.15, -0.1) is 0 Å². The first-order valence-electron chi connectivity index (χ1n) is 6.71. The van der Waals surface area contributed by atoms with E-state index in [4.69, 9.17) is 0 Å². The Morgan fingerprint density at radius 3 is 2.65 bits per heavy atom. The maximum Gasteiger partial charge on any atom is 0.225 e. The first-order valence-corrected chi connectivity index (χ1v) is 6.71. The van der Waals surface area contributed by atoms with Crippen molar-refractivity contribution in [1.29, 1.82) is 5.26 Å². The minimum absolute atomic E-state index is 0.00593. The normalized spacial score (nSPS) is 17.2. The molecule has 1 N–H and O–H groups in total. The largest absolute Gasteiger partial charge is 0.338 e. The van der Waals surface area contributed by atoms with E-state index < -0.39 is 23.1 Å². The smallest absolute Gasteiger partial charge is 0.225 e. The Bertz CT molecular complexity index is 545. The molecule has 1 aliphatic carbocycles. The van der Waals surface area contributed by atoms with E-state index in [1.54, 1.807) is 0 Å². The molecule has 1 aromatic carbocycles. The lowest BCUT2D eigenvalue weighted by atomic mass is 9.82. The van der Waals surface area contributed by atoms with Gasteiger partial charge in [-0.25, -0.2) is 8.78 Å². The SMILES string of the molecule is N#CC1(NC(=O)Cc2cccc(F)c2F)CCCCC1. The van der Waals surface area contributed by atoms with E-state index in [0.717, 1.165) is 25.3 Å². The second-order valence-corrected chi connectivity index (χ2v) is 5.19. The molecule has 0 unspecified atom stereocenters. The van der Waals surface area contributed by atoms with Crippen molar-refractivity contribution >= 4 is 5.91 Å². The minimum atomic E-state index is -1.00. The lowest BCUT2D eigenvalue weighted by Crippen LogP contribution is -2.49. The first-order chi connectivity index (χ1) is 9.56. The summed E-state index contributed by atoms with van der Waals surface area (Å²) in [4.78, 5) is 12.0. The summed E-state index contributed by atoms with van der Waals surface area (Å²) in [5.41, 5.74) is -0.842. The van der Waals surface area contributed by atoms with Crippen molar-refractivity contribution < 1.29 is 13.6 Å². The van der Waals surface area contributed by atoms with Gasteiger partial charge in [0.05, 0.1) is 12.5 Å². The lowest BCUT2D eigenvalue weighted by molar-refractivity contribution is -0.122. The van der Waals surface area contributed by atoms with E-state index in [-0.39, 0.29) is 12.0 Å². The summed E-state index contributed by atoms with van der Waals surface area (Å²) < 4.78 is 26.6. The van der Waals surface area contributed by atoms with Gasteiger partial charge < -0.3 is 5.32 Å². The molecule has 20 heavy (non-hydrogen) atoms. The summed E-state index contributed by atoms with van der Waals surface area (Å²) in [5.74, 6) is -2.42. The maximum absolute atomic E-state index is 13.5. The third-order valence-corrected chi connectivity index (χ3v) is 3.68. The van der Waals surface area contributed by atoms with Crippen molar-refractivity contribution in [1.82, 2.24) is 5.32 Å². The van der Waals surface area contributed by atoms with Crippen LogP contribution >= 0.6 is 0 Å². The molecule has 1 aliphatic rings. The predicted octanol–water partition coefficient (Wildman–Crippen LogP) is 2.85. The molecule has 0 aliphatic heterocycles. The van der Waals surface area contributed by atoms with Gasteiger partial charge in [-0.3, -0.25) is 4.79 Å². The highest BCUT2D eigenvalue weighted by atomic mass is 19.2. The molecule has 0 heterocycles. The van der Waals surface area contributed by atoms with Crippen LogP contribution in [-0.4, -0.2) is 11.4 Å². The minimum Gasteiger partial charge on any atom is -0.338 e. The van der Waals surface area contributed by atoms with E-state index in [2.05, 4.69) is 11.4 Å². The molecule has 1 amide bonds. The Labute approximate surface area is 116 Å². The standard InChI is InChI=1S/C15H16F2N2O/c16-12-6-4-5-11(14(12)17)9-13(20)19-15(10-18)7-2-1-3-8-15/h4-6H,1-3,7-9H2,(H,19,20). The van der Waals surface area contributed by atoms with Crippen molar-refractivity contribution in [2.75, 3.05) is 0 Å². The number of carbonyl (C=O) groups excluding carboxylic acids is 1. The topological polar surface area (TPSA) is 52.9 Å². The van der Waals surface area contributed by atoms with Crippen LogP contribution in [0.2, 0.25) is 0 Å². The summed E-state index contributed by atoms with van der Waals surface area (Å²) in [6.07, 6.45) is 3.80. The average molecular weight is 278 g/mol. The summed E-state index contributed by atoms with van der Waals surface area (Å²) in [6.45, 7) is 0. The third-order valence-electron chi connectivity index (χ3n) is 3.68. The van der Waals surface area contributed by atoms with Gasteiger partial charge in [-0.1, -0.05) is 31.4 Å². The Hall–Kier alpha value is -1.96. The van der Waals surface area contributed by atoms with Gasteiger partial charge in [0.15, 0.2) is 11.6 Å². The second-order valence-electron chi connectivity index (χ2n) is 5.19. The molecule has 0 saturated heterocycles. The number of nitriles is 1. The molecule has 1 aromatic rings. The molecule has 0 radical (unpaired) electrons. The number of nitrogens with one attached hydrogen (secondary N) is 1.